The zero-order chi connectivity index (χ0) is 9.42. The van der Waals surface area contributed by atoms with E-state index in [1.807, 2.05) is 36.7 Å². The van der Waals surface area contributed by atoms with Crippen LogP contribution < -0.4 is 5.32 Å². The van der Waals surface area contributed by atoms with E-state index in [1.165, 1.54) is 0 Å². The van der Waals surface area contributed by atoms with E-state index in [-0.39, 0.29) is 0 Å². The van der Waals surface area contributed by atoms with Gasteiger partial charge >= 0.3 is 0 Å². The Kier molecular flexibility index (Phi) is 2.00. The van der Waals surface area contributed by atoms with Crippen LogP contribution in [0.25, 0.3) is 5.65 Å². The fraction of sp³-hybridized carbons (Fsp3) is 0.222. The van der Waals surface area contributed by atoms with Crippen molar-refractivity contribution in [3.05, 3.63) is 28.5 Å². The molecule has 2 aromatic heterocycles. The molecule has 13 heavy (non-hydrogen) atoms. The van der Waals surface area contributed by atoms with Gasteiger partial charge in [0, 0.05) is 17.7 Å². The SMILES string of the molecule is CNc1c(C)nc2ccc(Br)cn12. The molecule has 0 aliphatic heterocycles. The fourth-order valence-corrected chi connectivity index (χ4v) is 1.77. The first kappa shape index (κ1) is 8.56. The van der Waals surface area contributed by atoms with Gasteiger partial charge in [-0.2, -0.15) is 0 Å². The monoisotopic (exact) mass is 239 g/mol. The highest BCUT2D eigenvalue weighted by Gasteiger charge is 2.05. The lowest BCUT2D eigenvalue weighted by atomic mass is 10.5. The van der Waals surface area contributed by atoms with E-state index < -0.39 is 0 Å². The van der Waals surface area contributed by atoms with Crippen molar-refractivity contribution in [1.82, 2.24) is 9.38 Å². The summed E-state index contributed by atoms with van der Waals surface area (Å²) in [6.07, 6.45) is 2.00. The van der Waals surface area contributed by atoms with Crippen molar-refractivity contribution >= 4 is 27.4 Å². The molecule has 0 radical (unpaired) electrons. The van der Waals surface area contributed by atoms with E-state index in [4.69, 9.17) is 0 Å². The summed E-state index contributed by atoms with van der Waals surface area (Å²) in [4.78, 5) is 4.40. The third-order valence-corrected chi connectivity index (χ3v) is 2.46. The zero-order valence-corrected chi connectivity index (χ0v) is 9.09. The molecule has 0 spiro atoms. The van der Waals surface area contributed by atoms with Crippen molar-refractivity contribution in [1.29, 1.82) is 0 Å². The van der Waals surface area contributed by atoms with Gasteiger partial charge in [0.1, 0.15) is 11.5 Å². The summed E-state index contributed by atoms with van der Waals surface area (Å²) in [5.41, 5.74) is 1.98. The normalized spacial score (nSPS) is 10.7. The van der Waals surface area contributed by atoms with Crippen molar-refractivity contribution in [2.24, 2.45) is 0 Å². The van der Waals surface area contributed by atoms with Crippen LogP contribution in [0.1, 0.15) is 5.69 Å². The molecule has 4 heteroatoms. The lowest BCUT2D eigenvalue weighted by Gasteiger charge is -2.00. The van der Waals surface area contributed by atoms with Crippen molar-refractivity contribution in [2.45, 2.75) is 6.92 Å². The van der Waals surface area contributed by atoms with Crippen LogP contribution in [-0.2, 0) is 0 Å². The molecule has 0 atom stereocenters. The summed E-state index contributed by atoms with van der Waals surface area (Å²) in [5, 5.41) is 3.13. The second kappa shape index (κ2) is 3.03. The molecule has 2 aromatic rings. The Labute approximate surface area is 84.9 Å². The minimum absolute atomic E-state index is 0.963. The third-order valence-electron chi connectivity index (χ3n) is 1.99. The predicted molar refractivity (Wildman–Crippen MR) is 57.2 cm³/mol. The standard InChI is InChI=1S/C9H10BrN3/c1-6-9(11-2)13-5-7(10)3-4-8(13)12-6/h3-5,11H,1-2H3. The van der Waals surface area contributed by atoms with Crippen LogP contribution in [-0.4, -0.2) is 16.4 Å². The number of nitrogens with one attached hydrogen (secondary N) is 1. The van der Waals surface area contributed by atoms with E-state index in [1.54, 1.807) is 0 Å². The van der Waals surface area contributed by atoms with Crippen LogP contribution >= 0.6 is 15.9 Å². The highest BCUT2D eigenvalue weighted by atomic mass is 79.9. The molecule has 0 bridgehead atoms. The highest BCUT2D eigenvalue weighted by molar-refractivity contribution is 9.10. The quantitative estimate of drug-likeness (QED) is 0.829. The lowest BCUT2D eigenvalue weighted by Crippen LogP contribution is -1.95. The second-order valence-electron chi connectivity index (χ2n) is 2.87. The molecule has 0 unspecified atom stereocenters. The summed E-state index contributed by atoms with van der Waals surface area (Å²) in [6, 6.07) is 3.97. The number of pyridine rings is 1. The largest absolute Gasteiger partial charge is 0.373 e. The van der Waals surface area contributed by atoms with Crippen LogP contribution in [0.3, 0.4) is 0 Å². The van der Waals surface area contributed by atoms with E-state index in [9.17, 15) is 0 Å². The maximum atomic E-state index is 4.40. The fourth-order valence-electron chi connectivity index (χ4n) is 1.44. The van der Waals surface area contributed by atoms with Crippen LogP contribution in [0, 0.1) is 6.92 Å². The minimum Gasteiger partial charge on any atom is -0.373 e. The van der Waals surface area contributed by atoms with Gasteiger partial charge in [-0.3, -0.25) is 4.40 Å². The second-order valence-corrected chi connectivity index (χ2v) is 3.79. The molecule has 2 heterocycles. The summed E-state index contributed by atoms with van der Waals surface area (Å²) in [6.45, 7) is 1.99. The van der Waals surface area contributed by atoms with Gasteiger partial charge in [0.05, 0.1) is 5.69 Å². The number of hydrogen-bond donors (Lipinski definition) is 1. The molecule has 0 amide bonds. The lowest BCUT2D eigenvalue weighted by molar-refractivity contribution is 1.16. The molecule has 68 valence electrons. The summed E-state index contributed by atoms with van der Waals surface area (Å²) < 4.78 is 3.08. The van der Waals surface area contributed by atoms with Crippen molar-refractivity contribution in [3.8, 4) is 0 Å². The van der Waals surface area contributed by atoms with Gasteiger partial charge < -0.3 is 5.32 Å². The number of halogens is 1. The van der Waals surface area contributed by atoms with Crippen molar-refractivity contribution in [3.63, 3.8) is 0 Å². The number of nitrogens with zero attached hydrogens (tertiary/aromatic N) is 2. The Balaban J connectivity index is 2.80. The van der Waals surface area contributed by atoms with Gasteiger partial charge in [0.25, 0.3) is 0 Å². The average Bonchev–Trinajstić information content (AvgIpc) is 2.40. The maximum absolute atomic E-state index is 4.40. The minimum atomic E-state index is 0.963. The summed E-state index contributed by atoms with van der Waals surface area (Å²) in [5.74, 6) is 1.04. The molecular weight excluding hydrogens is 230 g/mol. The van der Waals surface area contributed by atoms with Crippen molar-refractivity contribution < 1.29 is 0 Å². The molecule has 0 fully saturated rings. The molecular formula is C9H10BrN3. The Morgan fingerprint density at radius 2 is 2.23 bits per heavy atom. The molecule has 0 aliphatic carbocycles. The zero-order valence-electron chi connectivity index (χ0n) is 7.50. The average molecular weight is 240 g/mol. The maximum Gasteiger partial charge on any atom is 0.138 e. The Hall–Kier alpha value is -1.03. The van der Waals surface area contributed by atoms with Gasteiger partial charge in [-0.05, 0) is 35.0 Å². The predicted octanol–water partition coefficient (Wildman–Crippen LogP) is 2.45. The van der Waals surface area contributed by atoms with Crippen molar-refractivity contribution in [2.75, 3.05) is 12.4 Å². The molecule has 0 saturated heterocycles. The highest BCUT2D eigenvalue weighted by Crippen LogP contribution is 2.19. The molecule has 1 N–H and O–H groups in total. The number of imidazole rings is 1. The van der Waals surface area contributed by atoms with Crippen LogP contribution in [0.2, 0.25) is 0 Å². The number of hydrogen-bond acceptors (Lipinski definition) is 2. The number of anilines is 1. The van der Waals surface area contributed by atoms with E-state index in [2.05, 4.69) is 26.2 Å². The van der Waals surface area contributed by atoms with Crippen LogP contribution in [0.4, 0.5) is 5.82 Å². The van der Waals surface area contributed by atoms with Gasteiger partial charge in [0.2, 0.25) is 0 Å². The molecule has 0 saturated carbocycles. The number of aromatic nitrogens is 2. The number of rotatable bonds is 1. The van der Waals surface area contributed by atoms with E-state index in [0.717, 1.165) is 21.6 Å². The third kappa shape index (κ3) is 1.31. The summed E-state index contributed by atoms with van der Waals surface area (Å²) >= 11 is 3.43. The first-order valence-corrected chi connectivity index (χ1v) is 4.83. The Morgan fingerprint density at radius 3 is 2.92 bits per heavy atom. The van der Waals surface area contributed by atoms with Crippen LogP contribution in [0.15, 0.2) is 22.8 Å². The topological polar surface area (TPSA) is 29.3 Å². The molecule has 3 nitrogen and oxygen atoms in total. The van der Waals surface area contributed by atoms with Gasteiger partial charge in [-0.15, -0.1) is 0 Å². The smallest absolute Gasteiger partial charge is 0.138 e. The molecule has 0 aliphatic rings. The first-order chi connectivity index (χ1) is 6.22. The van der Waals surface area contributed by atoms with E-state index >= 15 is 0 Å². The van der Waals surface area contributed by atoms with Gasteiger partial charge in [-0.1, -0.05) is 0 Å². The molecule has 0 aromatic carbocycles. The Bertz CT molecular complexity index is 447. The molecule has 2 rings (SSSR count). The Morgan fingerprint density at radius 1 is 1.46 bits per heavy atom. The number of fused-ring (bicyclic) bond motifs is 1. The first-order valence-electron chi connectivity index (χ1n) is 4.04. The van der Waals surface area contributed by atoms with Crippen LogP contribution in [0.5, 0.6) is 0 Å². The van der Waals surface area contributed by atoms with Gasteiger partial charge in [0.15, 0.2) is 0 Å². The van der Waals surface area contributed by atoms with E-state index in [0.29, 0.717) is 0 Å². The summed E-state index contributed by atoms with van der Waals surface area (Å²) in [7, 11) is 1.90. The number of aryl methyl sites for hydroxylation is 1. The van der Waals surface area contributed by atoms with Gasteiger partial charge in [-0.25, -0.2) is 4.98 Å².